The minimum Gasteiger partial charge on any atom is -0.258 e. The van der Waals surface area contributed by atoms with Gasteiger partial charge < -0.3 is 0 Å². The minimum atomic E-state index is -2.84. The maximum Gasteiger partial charge on any atom is 0.299 e. The zero-order valence-electron chi connectivity index (χ0n) is 9.73. The van der Waals surface area contributed by atoms with Crippen molar-refractivity contribution in [3.63, 3.8) is 0 Å². The predicted octanol–water partition coefficient (Wildman–Crippen LogP) is 2.67. The van der Waals surface area contributed by atoms with Gasteiger partial charge in [0.2, 0.25) is 10.6 Å². The van der Waals surface area contributed by atoms with E-state index in [1.54, 1.807) is 6.07 Å². The quantitative estimate of drug-likeness (QED) is 0.407. The summed E-state index contributed by atoms with van der Waals surface area (Å²) in [7, 11) is 0. The zero-order valence-corrected chi connectivity index (χ0v) is 10.6. The van der Waals surface area contributed by atoms with Gasteiger partial charge >= 0.3 is 0 Å². The van der Waals surface area contributed by atoms with Crippen LogP contribution in [-0.2, 0) is 0 Å². The monoisotopic (exact) mass is 299 g/mol. The first kappa shape index (κ1) is 13.9. The Hall–Kier alpha value is -2.49. The van der Waals surface area contributed by atoms with E-state index >= 15 is 0 Å². The number of nitro groups is 1. The van der Waals surface area contributed by atoms with Crippen molar-refractivity contribution < 1.29 is 13.7 Å². The Morgan fingerprint density at radius 3 is 2.95 bits per heavy atom. The second-order valence-electron chi connectivity index (χ2n) is 3.60. The maximum atomic E-state index is 12.6. The average molecular weight is 299 g/mol. The van der Waals surface area contributed by atoms with Gasteiger partial charge in [-0.05, 0) is 12.2 Å². The molecule has 0 fully saturated rings. The molecule has 0 atom stereocenters. The molecule has 0 spiro atoms. The second-order valence-corrected chi connectivity index (χ2v) is 3.98. The molecule has 0 aliphatic rings. The number of nitrogens with zero attached hydrogens (tertiary/aromatic N) is 4. The lowest BCUT2D eigenvalue weighted by atomic mass is 10.2. The van der Waals surface area contributed by atoms with Crippen LogP contribution in [-0.4, -0.2) is 26.0 Å². The van der Waals surface area contributed by atoms with Gasteiger partial charge in [-0.1, -0.05) is 12.1 Å². The number of hydrogen-bond acceptors (Lipinski definition) is 5. The fraction of sp³-hybridized carbons (Fsp3) is 0.100. The van der Waals surface area contributed by atoms with Crippen molar-refractivity contribution >= 4 is 24.1 Å². The second kappa shape index (κ2) is 5.65. The van der Waals surface area contributed by atoms with Crippen molar-refractivity contribution in [2.45, 2.75) is 6.43 Å². The van der Waals surface area contributed by atoms with Gasteiger partial charge in [-0.2, -0.15) is 14.9 Å². The van der Waals surface area contributed by atoms with Gasteiger partial charge in [0.1, 0.15) is 0 Å². The molecule has 0 amide bonds. The minimum absolute atomic E-state index is 0.0954. The lowest BCUT2D eigenvalue weighted by Crippen LogP contribution is -1.99. The van der Waals surface area contributed by atoms with Gasteiger partial charge in [-0.25, -0.2) is 13.9 Å². The molecule has 1 aromatic carbocycles. The Bertz CT molecular complexity index is 724. The number of aromatic nitrogens is 3. The van der Waals surface area contributed by atoms with E-state index in [2.05, 4.69) is 15.3 Å². The topological polar surface area (TPSA) is 89.1 Å². The first-order valence-electron chi connectivity index (χ1n) is 5.23. The number of benzene rings is 1. The molecule has 7 nitrogen and oxygen atoms in total. The van der Waals surface area contributed by atoms with Crippen molar-refractivity contribution in [2.24, 2.45) is 5.10 Å². The molecule has 1 heterocycles. The summed E-state index contributed by atoms with van der Waals surface area (Å²) in [6.07, 6.45) is -1.66. The molecule has 0 bridgehead atoms. The fourth-order valence-corrected chi connectivity index (χ4v) is 1.59. The molecule has 0 aliphatic heterocycles. The Kier molecular flexibility index (Phi) is 3.94. The van der Waals surface area contributed by atoms with Crippen molar-refractivity contribution in [1.29, 1.82) is 0 Å². The third-order valence-electron chi connectivity index (χ3n) is 2.27. The molecular weight excluding hydrogens is 292 g/mol. The van der Waals surface area contributed by atoms with Crippen LogP contribution in [0, 0.1) is 14.9 Å². The number of halogens is 2. The van der Waals surface area contributed by atoms with Crippen LogP contribution >= 0.6 is 12.2 Å². The number of aromatic amines is 1. The largest absolute Gasteiger partial charge is 0.299 e. The smallest absolute Gasteiger partial charge is 0.258 e. The van der Waals surface area contributed by atoms with E-state index in [4.69, 9.17) is 12.2 Å². The molecule has 0 saturated carbocycles. The molecule has 0 aliphatic carbocycles. The Labute approximate surface area is 115 Å². The fourth-order valence-electron chi connectivity index (χ4n) is 1.40. The molecule has 2 rings (SSSR count). The molecule has 20 heavy (non-hydrogen) atoms. The van der Waals surface area contributed by atoms with Gasteiger partial charge in [0.15, 0.2) is 0 Å². The summed E-state index contributed by atoms with van der Waals surface area (Å²) in [5.41, 5.74) is 0.251. The van der Waals surface area contributed by atoms with Crippen LogP contribution in [0.3, 0.4) is 0 Å². The standard InChI is InChI=1S/C10H7F2N5O2S/c11-8(12)9-14-15-10(20)16(9)13-5-6-2-1-3-7(4-6)17(18)19/h1-5,8H,(H,15,20)/b13-5-. The van der Waals surface area contributed by atoms with Crippen LogP contribution in [0.2, 0.25) is 0 Å². The summed E-state index contributed by atoms with van der Waals surface area (Å²) >= 11 is 4.76. The van der Waals surface area contributed by atoms with Gasteiger partial charge in [0.25, 0.3) is 12.1 Å². The number of non-ortho nitro benzene ring substituents is 1. The van der Waals surface area contributed by atoms with E-state index in [9.17, 15) is 18.9 Å². The molecule has 1 aromatic heterocycles. The van der Waals surface area contributed by atoms with Crippen LogP contribution < -0.4 is 0 Å². The zero-order chi connectivity index (χ0) is 14.7. The summed E-state index contributed by atoms with van der Waals surface area (Å²) in [6, 6.07) is 5.57. The van der Waals surface area contributed by atoms with Crippen LogP contribution in [0.4, 0.5) is 14.5 Å². The predicted molar refractivity (Wildman–Crippen MR) is 68.5 cm³/mol. The first-order valence-corrected chi connectivity index (χ1v) is 5.64. The molecule has 104 valence electrons. The van der Waals surface area contributed by atoms with Crippen LogP contribution in [0.15, 0.2) is 29.4 Å². The third-order valence-corrected chi connectivity index (χ3v) is 2.54. The molecule has 10 heteroatoms. The van der Waals surface area contributed by atoms with Crippen LogP contribution in [0.1, 0.15) is 17.8 Å². The number of rotatable bonds is 4. The van der Waals surface area contributed by atoms with E-state index in [1.807, 2.05) is 0 Å². The van der Waals surface area contributed by atoms with Crippen molar-refractivity contribution in [2.75, 3.05) is 0 Å². The highest BCUT2D eigenvalue weighted by Gasteiger charge is 2.16. The average Bonchev–Trinajstić information content (AvgIpc) is 2.78. The molecule has 1 N–H and O–H groups in total. The number of H-pyrrole nitrogens is 1. The van der Waals surface area contributed by atoms with Crippen LogP contribution in [0.25, 0.3) is 0 Å². The molecule has 2 aromatic rings. The van der Waals surface area contributed by atoms with Crippen LogP contribution in [0.5, 0.6) is 0 Å². The summed E-state index contributed by atoms with van der Waals surface area (Å²) < 4.78 is 25.9. The third kappa shape index (κ3) is 2.91. The van der Waals surface area contributed by atoms with E-state index < -0.39 is 17.2 Å². The normalized spacial score (nSPS) is 11.3. The van der Waals surface area contributed by atoms with Crippen molar-refractivity contribution in [3.05, 3.63) is 50.5 Å². The Balaban J connectivity index is 2.35. The summed E-state index contributed by atoms with van der Waals surface area (Å²) in [5.74, 6) is -0.628. The number of nitrogens with one attached hydrogen (secondary N) is 1. The number of nitro benzene ring substituents is 1. The van der Waals surface area contributed by atoms with Crippen molar-refractivity contribution in [1.82, 2.24) is 14.9 Å². The van der Waals surface area contributed by atoms with E-state index in [1.165, 1.54) is 24.4 Å². The summed E-state index contributed by atoms with van der Waals surface area (Å²) in [5, 5.41) is 19.9. The molecular formula is C10H7F2N5O2S. The highest BCUT2D eigenvalue weighted by Crippen LogP contribution is 2.16. The van der Waals surface area contributed by atoms with E-state index in [0.29, 0.717) is 5.56 Å². The van der Waals surface area contributed by atoms with E-state index in [-0.39, 0.29) is 10.5 Å². The summed E-state index contributed by atoms with van der Waals surface area (Å²) in [4.78, 5) is 10.0. The highest BCUT2D eigenvalue weighted by atomic mass is 32.1. The number of hydrogen-bond donors (Lipinski definition) is 1. The molecule has 0 radical (unpaired) electrons. The lowest BCUT2D eigenvalue weighted by Gasteiger charge is -1.98. The molecule has 0 saturated heterocycles. The lowest BCUT2D eigenvalue weighted by molar-refractivity contribution is -0.384. The Morgan fingerprint density at radius 2 is 2.30 bits per heavy atom. The van der Waals surface area contributed by atoms with Gasteiger partial charge in [-0.15, -0.1) is 0 Å². The van der Waals surface area contributed by atoms with Gasteiger partial charge in [0.05, 0.1) is 11.1 Å². The summed E-state index contributed by atoms with van der Waals surface area (Å²) in [6.45, 7) is 0. The van der Waals surface area contributed by atoms with Gasteiger partial charge in [-0.3, -0.25) is 10.1 Å². The first-order chi connectivity index (χ1) is 9.49. The Morgan fingerprint density at radius 1 is 1.55 bits per heavy atom. The van der Waals surface area contributed by atoms with E-state index in [0.717, 1.165) is 4.68 Å². The highest BCUT2D eigenvalue weighted by molar-refractivity contribution is 7.71. The maximum absolute atomic E-state index is 12.6. The molecule has 0 unspecified atom stereocenters. The number of alkyl halides is 2. The van der Waals surface area contributed by atoms with Crippen molar-refractivity contribution in [3.8, 4) is 0 Å². The van der Waals surface area contributed by atoms with Gasteiger partial charge in [0, 0.05) is 17.7 Å². The SMILES string of the molecule is O=[N+]([O-])c1cccc(/C=N\n2c(C(F)F)n[nH]c2=S)c1.